The van der Waals surface area contributed by atoms with Crippen molar-refractivity contribution >= 4 is 21.6 Å². The third-order valence-corrected chi connectivity index (χ3v) is 8.64. The van der Waals surface area contributed by atoms with Gasteiger partial charge in [-0.15, -0.1) is 0 Å². The van der Waals surface area contributed by atoms with Crippen molar-refractivity contribution < 1.29 is 13.2 Å². The van der Waals surface area contributed by atoms with Gasteiger partial charge in [0.2, 0.25) is 15.9 Å². The van der Waals surface area contributed by atoms with Crippen molar-refractivity contribution in [2.75, 3.05) is 51.6 Å². The fourth-order valence-corrected chi connectivity index (χ4v) is 6.09. The molecule has 0 bridgehead atoms. The molecule has 0 aromatic heterocycles. The molecule has 0 atom stereocenters. The van der Waals surface area contributed by atoms with Crippen LogP contribution in [-0.2, 0) is 27.8 Å². The molecule has 2 saturated heterocycles. The number of rotatable bonds is 8. The normalized spacial score (nSPS) is 18.6. The third-order valence-electron chi connectivity index (χ3n) is 6.73. The first-order chi connectivity index (χ1) is 16.4. The maximum Gasteiger partial charge on any atom is 0.243 e. The molecule has 184 valence electrons. The van der Waals surface area contributed by atoms with E-state index in [9.17, 15) is 13.2 Å². The molecule has 0 spiro atoms. The molecule has 2 aliphatic rings. The Labute approximate surface area is 203 Å². The number of nitrogens with zero attached hydrogens (tertiary/aromatic N) is 3. The van der Waals surface area contributed by atoms with E-state index in [0.29, 0.717) is 30.8 Å². The molecular formula is C26H36N4O3S. The van der Waals surface area contributed by atoms with Crippen LogP contribution in [0.15, 0.2) is 53.4 Å². The van der Waals surface area contributed by atoms with Crippen molar-refractivity contribution in [2.45, 2.75) is 43.5 Å². The molecule has 0 radical (unpaired) electrons. The largest absolute Gasteiger partial charge is 0.326 e. The first-order valence-corrected chi connectivity index (χ1v) is 13.7. The maximum absolute atomic E-state index is 12.8. The fraction of sp³-hybridized carbons (Fsp3) is 0.500. The lowest BCUT2D eigenvalue weighted by molar-refractivity contribution is -0.116. The van der Waals surface area contributed by atoms with Gasteiger partial charge in [0.05, 0.1) is 4.90 Å². The van der Waals surface area contributed by atoms with Crippen LogP contribution < -0.4 is 5.32 Å². The van der Waals surface area contributed by atoms with Crippen LogP contribution in [0.1, 0.15) is 36.8 Å². The van der Waals surface area contributed by atoms with Crippen molar-refractivity contribution in [3.8, 4) is 0 Å². The van der Waals surface area contributed by atoms with E-state index in [4.69, 9.17) is 0 Å². The number of benzene rings is 2. The summed E-state index contributed by atoms with van der Waals surface area (Å²) < 4.78 is 27.2. The Morgan fingerprint density at radius 3 is 2.29 bits per heavy atom. The Morgan fingerprint density at radius 2 is 1.59 bits per heavy atom. The van der Waals surface area contributed by atoms with Crippen LogP contribution in [-0.4, -0.2) is 74.7 Å². The lowest BCUT2D eigenvalue weighted by atomic mass is 10.1. The minimum Gasteiger partial charge on any atom is -0.326 e. The summed E-state index contributed by atoms with van der Waals surface area (Å²) >= 11 is 0. The molecule has 4 rings (SSSR count). The lowest BCUT2D eigenvalue weighted by Gasteiger charge is -2.32. The summed E-state index contributed by atoms with van der Waals surface area (Å²) in [4.78, 5) is 17.6. The SMILES string of the molecule is CN1CCN(Cc2cccc(NC(=O)CCc3ccc(S(=O)(=O)N4CCCCC4)cc3)c2)CC1. The highest BCUT2D eigenvalue weighted by atomic mass is 32.2. The van der Waals surface area contributed by atoms with Crippen molar-refractivity contribution in [1.82, 2.24) is 14.1 Å². The fourth-order valence-electron chi connectivity index (χ4n) is 4.58. The first-order valence-electron chi connectivity index (χ1n) is 12.3. The molecule has 2 fully saturated rings. The lowest BCUT2D eigenvalue weighted by Crippen LogP contribution is -2.43. The summed E-state index contributed by atoms with van der Waals surface area (Å²) in [6, 6.07) is 15.0. The smallest absolute Gasteiger partial charge is 0.243 e. The molecule has 8 heteroatoms. The minimum atomic E-state index is -3.42. The van der Waals surface area contributed by atoms with Crippen LogP contribution >= 0.6 is 0 Å². The van der Waals surface area contributed by atoms with Gasteiger partial charge in [0, 0.05) is 57.9 Å². The van der Waals surface area contributed by atoms with Crippen LogP contribution in [0.3, 0.4) is 0 Å². The third kappa shape index (κ3) is 6.66. The summed E-state index contributed by atoms with van der Waals surface area (Å²) in [7, 11) is -1.27. The van der Waals surface area contributed by atoms with E-state index in [-0.39, 0.29) is 5.91 Å². The van der Waals surface area contributed by atoms with Crippen LogP contribution in [0.25, 0.3) is 0 Å². The Hall–Kier alpha value is -2.26. The van der Waals surface area contributed by atoms with Gasteiger partial charge in [-0.3, -0.25) is 9.69 Å². The molecule has 0 saturated carbocycles. The van der Waals surface area contributed by atoms with Crippen molar-refractivity contribution in [3.63, 3.8) is 0 Å². The van der Waals surface area contributed by atoms with E-state index < -0.39 is 10.0 Å². The van der Waals surface area contributed by atoms with E-state index in [2.05, 4.69) is 34.3 Å². The first kappa shape index (κ1) is 24.9. The van der Waals surface area contributed by atoms with E-state index >= 15 is 0 Å². The highest BCUT2D eigenvalue weighted by molar-refractivity contribution is 7.89. The number of hydrogen-bond donors (Lipinski definition) is 1. The van der Waals surface area contributed by atoms with Crippen molar-refractivity contribution in [2.24, 2.45) is 0 Å². The van der Waals surface area contributed by atoms with E-state index in [1.165, 1.54) is 5.56 Å². The van der Waals surface area contributed by atoms with Crippen molar-refractivity contribution in [1.29, 1.82) is 0 Å². The zero-order valence-corrected chi connectivity index (χ0v) is 20.9. The molecule has 2 heterocycles. The molecular weight excluding hydrogens is 448 g/mol. The monoisotopic (exact) mass is 484 g/mol. The number of aryl methyl sites for hydroxylation is 1. The van der Waals surface area contributed by atoms with E-state index in [1.807, 2.05) is 24.3 Å². The Kier molecular flexibility index (Phi) is 8.37. The molecule has 2 aromatic carbocycles. The summed E-state index contributed by atoms with van der Waals surface area (Å²) in [5.41, 5.74) is 2.98. The van der Waals surface area contributed by atoms with Gasteiger partial charge < -0.3 is 10.2 Å². The van der Waals surface area contributed by atoms with Crippen LogP contribution in [0.4, 0.5) is 5.69 Å². The number of hydrogen-bond acceptors (Lipinski definition) is 5. The van der Waals surface area contributed by atoms with Gasteiger partial charge in [0.1, 0.15) is 0 Å². The van der Waals surface area contributed by atoms with Crippen LogP contribution in [0.2, 0.25) is 0 Å². The molecule has 0 unspecified atom stereocenters. The second kappa shape index (κ2) is 11.4. The van der Waals surface area contributed by atoms with Gasteiger partial charge in [0.25, 0.3) is 0 Å². The molecule has 2 aromatic rings. The number of likely N-dealkylation sites (N-methyl/N-ethyl adjacent to an activating group) is 1. The summed E-state index contributed by atoms with van der Waals surface area (Å²) in [6.07, 6.45) is 3.85. The molecule has 0 aliphatic carbocycles. The molecule has 1 amide bonds. The van der Waals surface area contributed by atoms with Crippen LogP contribution in [0.5, 0.6) is 0 Å². The van der Waals surface area contributed by atoms with Gasteiger partial charge in [0.15, 0.2) is 0 Å². The number of sulfonamides is 1. The Bertz CT molecular complexity index is 1060. The summed E-state index contributed by atoms with van der Waals surface area (Å²) in [5, 5.41) is 3.01. The van der Waals surface area contributed by atoms with E-state index in [0.717, 1.165) is 63.2 Å². The number of piperidine rings is 1. The summed E-state index contributed by atoms with van der Waals surface area (Å²) in [6.45, 7) is 6.38. The van der Waals surface area contributed by atoms with Gasteiger partial charge >= 0.3 is 0 Å². The predicted octanol–water partition coefficient (Wildman–Crippen LogP) is 3.18. The number of anilines is 1. The number of piperazine rings is 1. The number of amides is 1. The summed E-state index contributed by atoms with van der Waals surface area (Å²) in [5.74, 6) is -0.0400. The minimum absolute atomic E-state index is 0.0400. The standard InChI is InChI=1S/C26H36N4O3S/c1-28-16-18-29(19-17-28)21-23-6-5-7-24(20-23)27-26(31)13-10-22-8-11-25(12-9-22)34(32,33)30-14-3-2-4-15-30/h5-9,11-12,20H,2-4,10,13-19,21H2,1H3,(H,27,31). The zero-order valence-electron chi connectivity index (χ0n) is 20.1. The molecule has 2 aliphatic heterocycles. The van der Waals surface area contributed by atoms with Gasteiger partial charge in [-0.25, -0.2) is 8.42 Å². The second-order valence-electron chi connectivity index (χ2n) is 9.44. The van der Waals surface area contributed by atoms with E-state index in [1.54, 1.807) is 16.4 Å². The topological polar surface area (TPSA) is 73.0 Å². The van der Waals surface area contributed by atoms with Gasteiger partial charge in [-0.1, -0.05) is 30.7 Å². The predicted molar refractivity (Wildman–Crippen MR) is 135 cm³/mol. The quantitative estimate of drug-likeness (QED) is 0.623. The average Bonchev–Trinajstić information content (AvgIpc) is 2.85. The molecule has 34 heavy (non-hydrogen) atoms. The number of carbonyl (C=O) groups excluding carboxylic acids is 1. The average molecular weight is 485 g/mol. The molecule has 7 nitrogen and oxygen atoms in total. The zero-order chi connectivity index (χ0) is 24.0. The van der Waals surface area contributed by atoms with Crippen molar-refractivity contribution in [3.05, 3.63) is 59.7 Å². The maximum atomic E-state index is 12.8. The second-order valence-corrected chi connectivity index (χ2v) is 11.4. The highest BCUT2D eigenvalue weighted by Gasteiger charge is 2.25. The van der Waals surface area contributed by atoms with Crippen LogP contribution in [0, 0.1) is 0 Å². The highest BCUT2D eigenvalue weighted by Crippen LogP contribution is 2.21. The Morgan fingerprint density at radius 1 is 0.882 bits per heavy atom. The van der Waals surface area contributed by atoms with Gasteiger partial charge in [-0.05, 0) is 61.7 Å². The Balaban J connectivity index is 1.27. The number of nitrogens with one attached hydrogen (secondary N) is 1. The van der Waals surface area contributed by atoms with Gasteiger partial charge in [-0.2, -0.15) is 4.31 Å². The molecule has 1 N–H and O–H groups in total. The number of carbonyl (C=O) groups is 1.